The molecule has 0 bridgehead atoms. The highest BCUT2D eigenvalue weighted by molar-refractivity contribution is 6.28. The number of nitrogens with zero attached hydrogens (tertiary/aromatic N) is 3. The van der Waals surface area contributed by atoms with Crippen molar-refractivity contribution in [2.75, 3.05) is 11.9 Å². The molecule has 21 heavy (non-hydrogen) atoms. The Morgan fingerprint density at radius 2 is 2.00 bits per heavy atom. The van der Waals surface area contributed by atoms with Crippen LogP contribution in [0.15, 0.2) is 24.3 Å². The summed E-state index contributed by atoms with van der Waals surface area (Å²) in [4.78, 5) is 11.4. The van der Waals surface area contributed by atoms with Crippen LogP contribution in [0.5, 0.6) is 6.01 Å². The van der Waals surface area contributed by atoms with E-state index in [1.807, 2.05) is 0 Å². The molecule has 0 saturated carbocycles. The number of benzene rings is 1. The Kier molecular flexibility index (Phi) is 4.46. The molecule has 0 aliphatic carbocycles. The van der Waals surface area contributed by atoms with Gasteiger partial charge in [-0.15, -0.1) is 0 Å². The first kappa shape index (κ1) is 15.3. The predicted molar refractivity (Wildman–Crippen MR) is 70.7 cm³/mol. The summed E-state index contributed by atoms with van der Waals surface area (Å²) in [7, 11) is 0. The zero-order valence-corrected chi connectivity index (χ0v) is 11.5. The highest BCUT2D eigenvalue weighted by Crippen LogP contribution is 2.31. The monoisotopic (exact) mass is 318 g/mol. The topological polar surface area (TPSA) is 59.9 Å². The second-order valence-corrected chi connectivity index (χ2v) is 4.19. The van der Waals surface area contributed by atoms with Crippen LogP contribution in [0.1, 0.15) is 12.5 Å². The van der Waals surface area contributed by atoms with Crippen molar-refractivity contribution in [3.63, 3.8) is 0 Å². The number of nitrogens with one attached hydrogen (secondary N) is 1. The lowest BCUT2D eigenvalue weighted by molar-refractivity contribution is -0.137. The van der Waals surface area contributed by atoms with Gasteiger partial charge in [-0.3, -0.25) is 0 Å². The average Bonchev–Trinajstić information content (AvgIpc) is 2.37. The third-order valence-electron chi connectivity index (χ3n) is 2.31. The van der Waals surface area contributed by atoms with Gasteiger partial charge in [0.2, 0.25) is 11.2 Å². The normalized spacial score (nSPS) is 11.3. The van der Waals surface area contributed by atoms with Crippen LogP contribution in [0.4, 0.5) is 24.8 Å². The summed E-state index contributed by atoms with van der Waals surface area (Å²) in [5, 5.41) is 2.51. The molecule has 2 rings (SSSR count). The first-order valence-corrected chi connectivity index (χ1v) is 6.25. The van der Waals surface area contributed by atoms with Crippen LogP contribution in [0, 0.1) is 0 Å². The fraction of sp³-hybridized carbons (Fsp3) is 0.250. The first-order valence-electron chi connectivity index (χ1n) is 5.87. The number of alkyl halides is 3. The summed E-state index contributed by atoms with van der Waals surface area (Å²) in [6.45, 7) is 2.06. The summed E-state index contributed by atoms with van der Waals surface area (Å²) in [5.74, 6) is -0.00206. The molecule has 0 atom stereocenters. The summed E-state index contributed by atoms with van der Waals surface area (Å²) in [5.41, 5.74) is -0.604. The molecule has 0 unspecified atom stereocenters. The summed E-state index contributed by atoms with van der Waals surface area (Å²) < 4.78 is 43.0. The van der Waals surface area contributed by atoms with Gasteiger partial charge in [0, 0.05) is 5.69 Å². The smallest absolute Gasteiger partial charge is 0.416 e. The Labute approximate surface area is 123 Å². The van der Waals surface area contributed by atoms with Gasteiger partial charge in [-0.25, -0.2) is 0 Å². The Balaban J connectivity index is 2.26. The van der Waals surface area contributed by atoms with Crippen molar-refractivity contribution >= 4 is 23.2 Å². The molecular formula is C12H10ClF3N4O. The van der Waals surface area contributed by atoms with Crippen LogP contribution in [0.25, 0.3) is 0 Å². The third kappa shape index (κ3) is 4.19. The highest BCUT2D eigenvalue weighted by atomic mass is 35.5. The second-order valence-electron chi connectivity index (χ2n) is 3.85. The summed E-state index contributed by atoms with van der Waals surface area (Å²) in [6, 6.07) is 4.63. The zero-order valence-electron chi connectivity index (χ0n) is 10.8. The standard InChI is InChI=1S/C12H10ClF3N4O/c1-2-21-11-19-9(13)18-10(20-11)17-8-5-3-4-7(6-8)12(14,15)16/h3-6H,2H2,1H3,(H,17,18,19,20). The van der Waals surface area contributed by atoms with Crippen molar-refractivity contribution in [3.8, 4) is 6.01 Å². The van der Waals surface area contributed by atoms with Gasteiger partial charge in [-0.1, -0.05) is 6.07 Å². The molecule has 1 N–H and O–H groups in total. The molecule has 2 aromatic rings. The van der Waals surface area contributed by atoms with Crippen LogP contribution >= 0.6 is 11.6 Å². The van der Waals surface area contributed by atoms with Crippen molar-refractivity contribution < 1.29 is 17.9 Å². The molecule has 0 aliphatic heterocycles. The van der Waals surface area contributed by atoms with E-state index in [-0.39, 0.29) is 22.9 Å². The first-order chi connectivity index (χ1) is 9.88. The van der Waals surface area contributed by atoms with E-state index in [2.05, 4.69) is 20.3 Å². The van der Waals surface area contributed by atoms with Crippen LogP contribution in [-0.4, -0.2) is 21.6 Å². The number of anilines is 2. The SMILES string of the molecule is CCOc1nc(Cl)nc(Nc2cccc(C(F)(F)F)c2)n1. The van der Waals surface area contributed by atoms with Gasteiger partial charge in [-0.2, -0.15) is 28.1 Å². The molecule has 1 aromatic carbocycles. The number of ether oxygens (including phenoxy) is 1. The Morgan fingerprint density at radius 1 is 1.24 bits per heavy atom. The van der Waals surface area contributed by atoms with E-state index >= 15 is 0 Å². The van der Waals surface area contributed by atoms with Gasteiger partial charge in [0.05, 0.1) is 12.2 Å². The predicted octanol–water partition coefficient (Wildman–Crippen LogP) is 3.69. The van der Waals surface area contributed by atoms with Gasteiger partial charge in [0.1, 0.15) is 0 Å². The van der Waals surface area contributed by atoms with E-state index in [9.17, 15) is 13.2 Å². The highest BCUT2D eigenvalue weighted by Gasteiger charge is 2.30. The number of halogens is 4. The fourth-order valence-electron chi connectivity index (χ4n) is 1.48. The molecule has 0 amide bonds. The van der Waals surface area contributed by atoms with Crippen molar-refractivity contribution in [2.24, 2.45) is 0 Å². The molecule has 1 heterocycles. The largest absolute Gasteiger partial charge is 0.464 e. The Morgan fingerprint density at radius 3 is 2.67 bits per heavy atom. The van der Waals surface area contributed by atoms with E-state index in [0.29, 0.717) is 6.61 Å². The zero-order chi connectivity index (χ0) is 15.5. The third-order valence-corrected chi connectivity index (χ3v) is 2.48. The van der Waals surface area contributed by atoms with E-state index in [4.69, 9.17) is 16.3 Å². The maximum atomic E-state index is 12.6. The minimum atomic E-state index is -4.43. The maximum absolute atomic E-state index is 12.6. The van der Waals surface area contributed by atoms with Crippen LogP contribution in [0.2, 0.25) is 5.28 Å². The lowest BCUT2D eigenvalue weighted by Crippen LogP contribution is -2.06. The molecule has 0 fully saturated rings. The molecule has 0 radical (unpaired) electrons. The minimum absolute atomic E-state index is 0.00206. The van der Waals surface area contributed by atoms with Crippen LogP contribution in [-0.2, 0) is 6.18 Å². The fourth-order valence-corrected chi connectivity index (χ4v) is 1.64. The second kappa shape index (κ2) is 6.13. The quantitative estimate of drug-likeness (QED) is 0.931. The van der Waals surface area contributed by atoms with Crippen LogP contribution in [0.3, 0.4) is 0 Å². The molecule has 0 spiro atoms. The number of hydrogen-bond donors (Lipinski definition) is 1. The number of rotatable bonds is 4. The number of hydrogen-bond acceptors (Lipinski definition) is 5. The molecule has 112 valence electrons. The molecule has 9 heteroatoms. The lowest BCUT2D eigenvalue weighted by Gasteiger charge is -2.10. The van der Waals surface area contributed by atoms with Crippen molar-refractivity contribution in [1.82, 2.24) is 15.0 Å². The van der Waals surface area contributed by atoms with Gasteiger partial charge in [0.15, 0.2) is 0 Å². The van der Waals surface area contributed by atoms with E-state index in [1.165, 1.54) is 12.1 Å². The Hall–Kier alpha value is -2.09. The average molecular weight is 319 g/mol. The van der Waals surface area contributed by atoms with Gasteiger partial charge >= 0.3 is 12.2 Å². The minimum Gasteiger partial charge on any atom is -0.464 e. The van der Waals surface area contributed by atoms with Gasteiger partial charge in [0.25, 0.3) is 0 Å². The lowest BCUT2D eigenvalue weighted by atomic mass is 10.2. The van der Waals surface area contributed by atoms with Crippen molar-refractivity contribution in [2.45, 2.75) is 13.1 Å². The number of aromatic nitrogens is 3. The van der Waals surface area contributed by atoms with Gasteiger partial charge < -0.3 is 10.1 Å². The van der Waals surface area contributed by atoms with E-state index in [1.54, 1.807) is 6.92 Å². The van der Waals surface area contributed by atoms with Gasteiger partial charge in [-0.05, 0) is 36.7 Å². The van der Waals surface area contributed by atoms with Crippen LogP contribution < -0.4 is 10.1 Å². The molecule has 0 saturated heterocycles. The Bertz CT molecular complexity index is 636. The van der Waals surface area contributed by atoms with E-state index in [0.717, 1.165) is 12.1 Å². The maximum Gasteiger partial charge on any atom is 0.416 e. The summed E-state index contributed by atoms with van der Waals surface area (Å²) in [6.07, 6.45) is -4.43. The molecule has 5 nitrogen and oxygen atoms in total. The molecular weight excluding hydrogens is 309 g/mol. The van der Waals surface area contributed by atoms with Crippen molar-refractivity contribution in [3.05, 3.63) is 35.1 Å². The summed E-state index contributed by atoms with van der Waals surface area (Å²) >= 11 is 5.69. The molecule has 0 aliphatic rings. The van der Waals surface area contributed by atoms with E-state index < -0.39 is 11.7 Å². The van der Waals surface area contributed by atoms with Crippen molar-refractivity contribution in [1.29, 1.82) is 0 Å². The molecule has 1 aromatic heterocycles.